The summed E-state index contributed by atoms with van der Waals surface area (Å²) in [6, 6.07) is 5.95. The third-order valence-corrected chi connectivity index (χ3v) is 3.69. The van der Waals surface area contributed by atoms with Crippen LogP contribution in [-0.4, -0.2) is 41.9 Å². The van der Waals surface area contributed by atoms with Gasteiger partial charge in [-0.2, -0.15) is 0 Å². The van der Waals surface area contributed by atoms with E-state index in [9.17, 15) is 10.1 Å². The predicted octanol–water partition coefficient (Wildman–Crippen LogP) is 2.74. The van der Waals surface area contributed by atoms with Crippen molar-refractivity contribution >= 4 is 23.9 Å². The lowest BCUT2D eigenvalue weighted by Gasteiger charge is -2.26. The molecule has 1 saturated heterocycles. The van der Waals surface area contributed by atoms with Crippen LogP contribution in [0.25, 0.3) is 0 Å². The van der Waals surface area contributed by atoms with E-state index in [1.165, 1.54) is 31.4 Å². The van der Waals surface area contributed by atoms with Gasteiger partial charge in [-0.05, 0) is 32.4 Å². The van der Waals surface area contributed by atoms with Crippen molar-refractivity contribution in [3.8, 4) is 0 Å². The molecule has 0 aromatic heterocycles. The van der Waals surface area contributed by atoms with Crippen molar-refractivity contribution in [2.24, 2.45) is 0 Å². The van der Waals surface area contributed by atoms with Crippen LogP contribution in [-0.2, 0) is 4.84 Å². The largest absolute Gasteiger partial charge is 0.303 e. The molecule has 0 bridgehead atoms. The topological polar surface area (TPSA) is 91.5 Å². The Morgan fingerprint density at radius 2 is 2.09 bits per heavy atom. The van der Waals surface area contributed by atoms with Gasteiger partial charge in [-0.15, -0.1) is 12.4 Å². The van der Waals surface area contributed by atoms with E-state index in [1.54, 1.807) is 12.1 Å². The van der Waals surface area contributed by atoms with Crippen LogP contribution in [0, 0.1) is 15.5 Å². The Kier molecular flexibility index (Phi) is 8.53. The van der Waals surface area contributed by atoms with Crippen LogP contribution in [0.2, 0.25) is 0 Å². The van der Waals surface area contributed by atoms with Crippen LogP contribution in [0.15, 0.2) is 24.3 Å². The fraction of sp³-hybridized carbons (Fsp3) is 0.533. The van der Waals surface area contributed by atoms with E-state index >= 15 is 0 Å². The van der Waals surface area contributed by atoms with Gasteiger partial charge in [0.2, 0.25) is 0 Å². The first-order valence-electron chi connectivity index (χ1n) is 7.60. The highest BCUT2D eigenvalue weighted by atomic mass is 35.5. The number of benzene rings is 1. The Morgan fingerprint density at radius 1 is 1.35 bits per heavy atom. The molecule has 0 atom stereocenters. The summed E-state index contributed by atoms with van der Waals surface area (Å²) in [6.45, 7) is 3.84. The number of piperidine rings is 1. The minimum Gasteiger partial charge on any atom is -0.303 e. The average Bonchev–Trinajstić information content (AvgIpc) is 2.55. The first-order valence-corrected chi connectivity index (χ1v) is 7.60. The number of halogens is 1. The molecule has 1 heterocycles. The van der Waals surface area contributed by atoms with Gasteiger partial charge in [0.05, 0.1) is 11.5 Å². The van der Waals surface area contributed by atoms with Gasteiger partial charge in [-0.25, -0.2) is 5.48 Å². The maximum atomic E-state index is 10.7. The second-order valence-corrected chi connectivity index (χ2v) is 5.39. The zero-order chi connectivity index (χ0) is 15.8. The SMILES string of the molecule is Cl.N=C(NOCCCN1CCCCC1)c1cccc([N+](=O)[O-])c1. The summed E-state index contributed by atoms with van der Waals surface area (Å²) >= 11 is 0. The Labute approximate surface area is 142 Å². The van der Waals surface area contributed by atoms with E-state index in [0.29, 0.717) is 12.2 Å². The monoisotopic (exact) mass is 342 g/mol. The van der Waals surface area contributed by atoms with Crippen LogP contribution in [0.5, 0.6) is 0 Å². The zero-order valence-corrected chi connectivity index (χ0v) is 13.8. The Hall–Kier alpha value is -1.70. The Bertz CT molecular complexity index is 521. The molecule has 2 rings (SSSR count). The number of nitrogens with zero attached hydrogens (tertiary/aromatic N) is 2. The quantitative estimate of drug-likeness (QED) is 0.261. The number of amidine groups is 1. The van der Waals surface area contributed by atoms with E-state index in [0.717, 1.165) is 26.1 Å². The molecule has 23 heavy (non-hydrogen) atoms. The number of nitrogens with one attached hydrogen (secondary N) is 2. The van der Waals surface area contributed by atoms with Crippen molar-refractivity contribution in [3.05, 3.63) is 39.9 Å². The maximum absolute atomic E-state index is 10.7. The van der Waals surface area contributed by atoms with E-state index in [2.05, 4.69) is 10.4 Å². The molecule has 1 aliphatic rings. The molecule has 1 aromatic carbocycles. The van der Waals surface area contributed by atoms with E-state index < -0.39 is 4.92 Å². The van der Waals surface area contributed by atoms with E-state index in [4.69, 9.17) is 10.2 Å². The van der Waals surface area contributed by atoms with Gasteiger partial charge in [0, 0.05) is 24.2 Å². The molecule has 0 spiro atoms. The molecule has 1 fully saturated rings. The molecule has 0 unspecified atom stereocenters. The summed E-state index contributed by atoms with van der Waals surface area (Å²) in [5.74, 6) is 0.0293. The molecule has 7 nitrogen and oxygen atoms in total. The first kappa shape index (κ1) is 19.3. The maximum Gasteiger partial charge on any atom is 0.270 e. The highest BCUT2D eigenvalue weighted by molar-refractivity contribution is 5.96. The highest BCUT2D eigenvalue weighted by Crippen LogP contribution is 2.13. The first-order chi connectivity index (χ1) is 10.7. The fourth-order valence-corrected chi connectivity index (χ4v) is 2.50. The molecule has 2 N–H and O–H groups in total. The molecule has 8 heteroatoms. The number of hydroxylamine groups is 1. The number of rotatable bonds is 7. The second kappa shape index (κ2) is 10.1. The second-order valence-electron chi connectivity index (χ2n) is 5.39. The summed E-state index contributed by atoms with van der Waals surface area (Å²) in [6.07, 6.45) is 4.78. The molecular formula is C15H23ClN4O3. The van der Waals surface area contributed by atoms with Crippen molar-refractivity contribution in [1.29, 1.82) is 5.41 Å². The number of non-ortho nitro benzene ring substituents is 1. The molecule has 128 valence electrons. The number of nitro groups is 1. The molecule has 1 aromatic rings. The number of hydrogen-bond acceptors (Lipinski definition) is 5. The van der Waals surface area contributed by atoms with Crippen LogP contribution >= 0.6 is 12.4 Å². The van der Waals surface area contributed by atoms with Gasteiger partial charge in [-0.1, -0.05) is 18.6 Å². The minimum absolute atomic E-state index is 0. The third-order valence-electron chi connectivity index (χ3n) is 3.69. The van der Waals surface area contributed by atoms with Gasteiger partial charge in [-0.3, -0.25) is 20.4 Å². The molecule has 0 radical (unpaired) electrons. The number of likely N-dealkylation sites (tertiary alicyclic amines) is 1. The zero-order valence-electron chi connectivity index (χ0n) is 13.0. The van der Waals surface area contributed by atoms with Crippen LogP contribution in [0.4, 0.5) is 5.69 Å². The van der Waals surface area contributed by atoms with E-state index in [-0.39, 0.29) is 23.9 Å². The lowest BCUT2D eigenvalue weighted by atomic mass is 10.1. The molecule has 0 aliphatic carbocycles. The van der Waals surface area contributed by atoms with Gasteiger partial charge < -0.3 is 4.90 Å². The molecule has 0 saturated carbocycles. The highest BCUT2D eigenvalue weighted by Gasteiger charge is 2.10. The number of hydrogen-bond donors (Lipinski definition) is 2. The third kappa shape index (κ3) is 6.52. The predicted molar refractivity (Wildman–Crippen MR) is 91.2 cm³/mol. The summed E-state index contributed by atoms with van der Waals surface area (Å²) in [5, 5.41) is 18.5. The Morgan fingerprint density at radius 3 is 2.78 bits per heavy atom. The minimum atomic E-state index is -0.476. The van der Waals surface area contributed by atoms with Crippen molar-refractivity contribution in [2.75, 3.05) is 26.2 Å². The standard InChI is InChI=1S/C15H22N4O3.ClH/c16-15(13-6-4-7-14(12-13)19(20)21)17-22-11-5-10-18-8-2-1-3-9-18;/h4,6-7,12H,1-3,5,8-11H2,(H2,16,17);1H. The van der Waals surface area contributed by atoms with Crippen molar-refractivity contribution in [1.82, 2.24) is 10.4 Å². The summed E-state index contributed by atoms with van der Waals surface area (Å²) in [5.41, 5.74) is 2.95. The number of nitro benzene ring substituents is 1. The van der Waals surface area contributed by atoms with Crippen LogP contribution in [0.1, 0.15) is 31.2 Å². The normalized spacial score (nSPS) is 14.8. The van der Waals surface area contributed by atoms with Crippen molar-refractivity contribution in [3.63, 3.8) is 0 Å². The molecular weight excluding hydrogens is 320 g/mol. The fourth-order valence-electron chi connectivity index (χ4n) is 2.50. The molecule has 0 amide bonds. The smallest absolute Gasteiger partial charge is 0.270 e. The summed E-state index contributed by atoms with van der Waals surface area (Å²) in [7, 11) is 0. The van der Waals surface area contributed by atoms with Gasteiger partial charge >= 0.3 is 0 Å². The van der Waals surface area contributed by atoms with Crippen LogP contribution in [0.3, 0.4) is 0 Å². The van der Waals surface area contributed by atoms with Gasteiger partial charge in [0.15, 0.2) is 0 Å². The van der Waals surface area contributed by atoms with Crippen molar-refractivity contribution in [2.45, 2.75) is 25.7 Å². The lowest BCUT2D eigenvalue weighted by Crippen LogP contribution is -2.32. The van der Waals surface area contributed by atoms with Crippen LogP contribution < -0.4 is 5.48 Å². The summed E-state index contributed by atoms with van der Waals surface area (Å²) < 4.78 is 0. The van der Waals surface area contributed by atoms with Gasteiger partial charge in [0.1, 0.15) is 5.84 Å². The lowest BCUT2D eigenvalue weighted by molar-refractivity contribution is -0.384. The van der Waals surface area contributed by atoms with Crippen molar-refractivity contribution < 1.29 is 9.76 Å². The van der Waals surface area contributed by atoms with E-state index in [1.807, 2.05) is 0 Å². The average molecular weight is 343 g/mol. The Balaban J connectivity index is 0.00000264. The van der Waals surface area contributed by atoms with Gasteiger partial charge in [0.25, 0.3) is 5.69 Å². The molecule has 1 aliphatic heterocycles. The summed E-state index contributed by atoms with van der Waals surface area (Å²) in [4.78, 5) is 17.9.